The Labute approximate surface area is 93.6 Å². The van der Waals surface area contributed by atoms with E-state index in [0.717, 1.165) is 12.8 Å². The summed E-state index contributed by atoms with van der Waals surface area (Å²) in [7, 11) is 0. The van der Waals surface area contributed by atoms with Gasteiger partial charge in [0, 0.05) is 12.7 Å². The smallest absolute Gasteiger partial charge is 0.287 e. The lowest BCUT2D eigenvalue weighted by atomic mass is 10.3. The van der Waals surface area contributed by atoms with E-state index in [1.165, 1.54) is 12.1 Å². The molecule has 1 aromatic carbocycles. The van der Waals surface area contributed by atoms with E-state index in [4.69, 9.17) is 16.7 Å². The molecule has 0 aromatic heterocycles. The van der Waals surface area contributed by atoms with Crippen LogP contribution in [-0.2, 0) is 0 Å². The number of benzene rings is 1. The number of hydrogen-bond acceptors (Lipinski definition) is 3. The van der Waals surface area contributed by atoms with Crippen molar-refractivity contribution in [2.75, 3.05) is 6.61 Å². The van der Waals surface area contributed by atoms with E-state index in [-0.39, 0.29) is 10.7 Å². The Hall–Kier alpha value is -1.13. The molecule has 5 heteroatoms. The zero-order valence-electron chi connectivity index (χ0n) is 8.52. The molecule has 0 aliphatic rings. The van der Waals surface area contributed by atoms with Crippen LogP contribution in [0.5, 0.6) is 0 Å². The van der Waals surface area contributed by atoms with Crippen LogP contribution in [0.15, 0.2) is 24.3 Å². The van der Waals surface area contributed by atoms with Gasteiger partial charge in [-0.1, -0.05) is 37.1 Å². The number of hydrogen-bond donors (Lipinski definition) is 1. The molecule has 0 heterocycles. The first kappa shape index (κ1) is 13.9. The summed E-state index contributed by atoms with van der Waals surface area (Å²) in [6, 6.07) is 6.07. The molecule has 0 fully saturated rings. The highest BCUT2D eigenvalue weighted by Crippen LogP contribution is 2.21. The van der Waals surface area contributed by atoms with E-state index >= 15 is 0 Å². The molecule has 0 spiro atoms. The van der Waals surface area contributed by atoms with Crippen molar-refractivity contribution < 1.29 is 10.0 Å². The predicted molar refractivity (Wildman–Crippen MR) is 60.1 cm³/mol. The average Bonchev–Trinajstić information content (AvgIpc) is 2.20. The zero-order valence-corrected chi connectivity index (χ0v) is 9.28. The molecule has 0 radical (unpaired) electrons. The molecule has 0 saturated carbocycles. The van der Waals surface area contributed by atoms with Crippen LogP contribution in [-0.4, -0.2) is 16.6 Å². The molecule has 15 heavy (non-hydrogen) atoms. The maximum Gasteiger partial charge on any atom is 0.287 e. The summed E-state index contributed by atoms with van der Waals surface area (Å²) in [5.74, 6) is 0. The normalized spacial score (nSPS) is 9.00. The maximum absolute atomic E-state index is 10.1. The highest BCUT2D eigenvalue weighted by Gasteiger charge is 2.08. The number of nitrogens with zero attached hydrogens (tertiary/aromatic N) is 1. The van der Waals surface area contributed by atoms with Crippen molar-refractivity contribution in [1.82, 2.24) is 0 Å². The van der Waals surface area contributed by atoms with E-state index < -0.39 is 4.92 Å². The second kappa shape index (κ2) is 8.20. The van der Waals surface area contributed by atoms with Gasteiger partial charge in [-0.15, -0.1) is 0 Å². The van der Waals surface area contributed by atoms with Crippen LogP contribution >= 0.6 is 11.6 Å². The van der Waals surface area contributed by atoms with Gasteiger partial charge in [0.15, 0.2) is 0 Å². The molecule has 0 unspecified atom stereocenters. The summed E-state index contributed by atoms with van der Waals surface area (Å²) >= 11 is 5.48. The minimum Gasteiger partial charge on any atom is -0.396 e. The SMILES string of the molecule is CCCCO.O=[N+]([O-])c1ccccc1Cl. The van der Waals surface area contributed by atoms with Crippen molar-refractivity contribution in [3.63, 3.8) is 0 Å². The van der Waals surface area contributed by atoms with Crippen molar-refractivity contribution >= 4 is 17.3 Å². The van der Waals surface area contributed by atoms with Gasteiger partial charge in [0.1, 0.15) is 5.02 Å². The van der Waals surface area contributed by atoms with Crippen LogP contribution in [0.2, 0.25) is 5.02 Å². The fourth-order valence-electron chi connectivity index (χ4n) is 0.758. The Morgan fingerprint density at radius 1 is 1.47 bits per heavy atom. The molecule has 4 nitrogen and oxygen atoms in total. The van der Waals surface area contributed by atoms with Crippen LogP contribution in [0.3, 0.4) is 0 Å². The van der Waals surface area contributed by atoms with Gasteiger partial charge in [0.05, 0.1) is 4.92 Å². The quantitative estimate of drug-likeness (QED) is 0.642. The molecule has 1 aromatic rings. The molecule has 0 aliphatic carbocycles. The zero-order chi connectivity index (χ0) is 11.7. The number of nitro benzene ring substituents is 1. The summed E-state index contributed by atoms with van der Waals surface area (Å²) in [5.41, 5.74) is -0.0517. The molecule has 84 valence electrons. The molecular formula is C10H14ClNO3. The summed E-state index contributed by atoms with van der Waals surface area (Å²) in [4.78, 5) is 9.63. The number of halogens is 1. The molecule has 0 saturated heterocycles. The van der Waals surface area contributed by atoms with Crippen molar-refractivity contribution in [3.8, 4) is 0 Å². The van der Waals surface area contributed by atoms with Crippen molar-refractivity contribution in [2.24, 2.45) is 0 Å². The monoisotopic (exact) mass is 231 g/mol. The molecule has 0 amide bonds. The third-order valence-electron chi connectivity index (χ3n) is 1.56. The van der Waals surface area contributed by atoms with Gasteiger partial charge >= 0.3 is 0 Å². The number of unbranched alkanes of at least 4 members (excludes halogenated alkanes) is 1. The highest BCUT2D eigenvalue weighted by molar-refractivity contribution is 6.32. The minimum atomic E-state index is -0.512. The highest BCUT2D eigenvalue weighted by atomic mass is 35.5. The van der Waals surface area contributed by atoms with Crippen LogP contribution in [0, 0.1) is 10.1 Å². The third kappa shape index (κ3) is 6.04. The van der Waals surface area contributed by atoms with Crippen molar-refractivity contribution in [3.05, 3.63) is 39.4 Å². The second-order valence-electron chi connectivity index (χ2n) is 2.79. The lowest BCUT2D eigenvalue weighted by molar-refractivity contribution is -0.384. The number of para-hydroxylation sites is 1. The van der Waals surface area contributed by atoms with E-state index in [1.807, 2.05) is 0 Å². The lowest BCUT2D eigenvalue weighted by Crippen LogP contribution is -1.87. The predicted octanol–water partition coefficient (Wildman–Crippen LogP) is 3.03. The second-order valence-corrected chi connectivity index (χ2v) is 3.19. The van der Waals surface area contributed by atoms with Gasteiger partial charge < -0.3 is 5.11 Å². The molecule has 0 atom stereocenters. The van der Waals surface area contributed by atoms with E-state index in [2.05, 4.69) is 6.92 Å². The number of nitro groups is 1. The average molecular weight is 232 g/mol. The van der Waals surface area contributed by atoms with E-state index in [9.17, 15) is 10.1 Å². The summed E-state index contributed by atoms with van der Waals surface area (Å²) < 4.78 is 0. The van der Waals surface area contributed by atoms with Gasteiger partial charge in [-0.3, -0.25) is 10.1 Å². The van der Waals surface area contributed by atoms with Crippen LogP contribution < -0.4 is 0 Å². The molecule has 1 rings (SSSR count). The summed E-state index contributed by atoms with van der Waals surface area (Å²) in [6.07, 6.45) is 2.04. The van der Waals surface area contributed by atoms with Gasteiger partial charge in [-0.2, -0.15) is 0 Å². The Morgan fingerprint density at radius 2 is 2.07 bits per heavy atom. The van der Waals surface area contributed by atoms with Crippen molar-refractivity contribution in [2.45, 2.75) is 19.8 Å². The van der Waals surface area contributed by atoms with E-state index in [0.29, 0.717) is 6.61 Å². The van der Waals surface area contributed by atoms with Crippen LogP contribution in [0.4, 0.5) is 5.69 Å². The Morgan fingerprint density at radius 3 is 2.33 bits per heavy atom. The van der Waals surface area contributed by atoms with Gasteiger partial charge in [-0.25, -0.2) is 0 Å². The molecule has 0 bridgehead atoms. The number of aliphatic hydroxyl groups excluding tert-OH is 1. The first-order valence-corrected chi connectivity index (χ1v) is 5.01. The van der Waals surface area contributed by atoms with E-state index in [1.54, 1.807) is 12.1 Å². The standard InChI is InChI=1S/C6H4ClNO2.C4H10O/c7-5-3-1-2-4-6(5)8(9)10;1-2-3-4-5/h1-4H;5H,2-4H2,1H3. The maximum atomic E-state index is 10.1. The summed E-state index contributed by atoms with van der Waals surface area (Å²) in [6.45, 7) is 2.40. The Bertz CT molecular complexity index is 302. The Balaban J connectivity index is 0.000000336. The summed E-state index contributed by atoms with van der Waals surface area (Å²) in [5, 5.41) is 18.4. The first-order chi connectivity index (χ1) is 7.13. The molecule has 0 aliphatic heterocycles. The fraction of sp³-hybridized carbons (Fsp3) is 0.400. The molecule has 1 N–H and O–H groups in total. The van der Waals surface area contributed by atoms with Crippen LogP contribution in [0.1, 0.15) is 19.8 Å². The number of rotatable bonds is 3. The largest absolute Gasteiger partial charge is 0.396 e. The van der Waals surface area contributed by atoms with Gasteiger partial charge in [-0.05, 0) is 12.5 Å². The Kier molecular flexibility index (Phi) is 7.58. The first-order valence-electron chi connectivity index (χ1n) is 4.63. The minimum absolute atomic E-state index is 0.0517. The number of aliphatic hydroxyl groups is 1. The van der Waals surface area contributed by atoms with Gasteiger partial charge in [0.25, 0.3) is 5.69 Å². The lowest BCUT2D eigenvalue weighted by Gasteiger charge is -1.90. The van der Waals surface area contributed by atoms with Crippen LogP contribution in [0.25, 0.3) is 0 Å². The topological polar surface area (TPSA) is 63.4 Å². The van der Waals surface area contributed by atoms with Crippen molar-refractivity contribution in [1.29, 1.82) is 0 Å². The third-order valence-corrected chi connectivity index (χ3v) is 1.88. The fourth-order valence-corrected chi connectivity index (χ4v) is 0.963. The van der Waals surface area contributed by atoms with Gasteiger partial charge in [0.2, 0.25) is 0 Å². The molecular weight excluding hydrogens is 218 g/mol.